The zero-order valence-electron chi connectivity index (χ0n) is 16.5. The molecular weight excluding hydrogens is 395 g/mol. The summed E-state index contributed by atoms with van der Waals surface area (Å²) in [5, 5.41) is 12.9. The summed E-state index contributed by atoms with van der Waals surface area (Å²) in [6, 6.07) is 8.12. The van der Waals surface area contributed by atoms with Crippen molar-refractivity contribution < 1.29 is 13.9 Å². The molecule has 0 spiro atoms. The Hall–Kier alpha value is -2.85. The molecule has 3 rings (SSSR count). The highest BCUT2D eigenvalue weighted by Crippen LogP contribution is 2.31. The number of halogens is 2. The van der Waals surface area contributed by atoms with Crippen molar-refractivity contribution in [3.63, 3.8) is 0 Å². The molecule has 0 bridgehead atoms. The van der Waals surface area contributed by atoms with Gasteiger partial charge in [0.2, 0.25) is 0 Å². The Kier molecular flexibility index (Phi) is 5.94. The minimum Gasteiger partial charge on any atom is -0.444 e. The third kappa shape index (κ3) is 4.77. The Morgan fingerprint density at radius 2 is 2.17 bits per heavy atom. The Labute approximate surface area is 174 Å². The van der Waals surface area contributed by atoms with Crippen LogP contribution in [0.2, 0.25) is 5.02 Å². The van der Waals surface area contributed by atoms with Gasteiger partial charge in [0.05, 0.1) is 5.02 Å². The van der Waals surface area contributed by atoms with Gasteiger partial charge in [-0.15, -0.1) is 0 Å². The summed E-state index contributed by atoms with van der Waals surface area (Å²) in [6.45, 7) is 6.00. The number of rotatable bonds is 3. The number of nitriles is 1. The number of carbonyl (C=O) groups excluding carboxylic acids is 1. The van der Waals surface area contributed by atoms with Gasteiger partial charge in [-0.2, -0.15) is 5.26 Å². The van der Waals surface area contributed by atoms with Gasteiger partial charge in [0.1, 0.15) is 35.0 Å². The fourth-order valence-corrected chi connectivity index (χ4v) is 3.38. The van der Waals surface area contributed by atoms with Gasteiger partial charge in [-0.3, -0.25) is 4.90 Å². The highest BCUT2D eigenvalue weighted by molar-refractivity contribution is 6.31. The zero-order chi connectivity index (χ0) is 21.2. The van der Waals surface area contributed by atoms with Crippen LogP contribution in [0.3, 0.4) is 0 Å². The zero-order valence-corrected chi connectivity index (χ0v) is 17.3. The van der Waals surface area contributed by atoms with Gasteiger partial charge in [0, 0.05) is 18.3 Å². The molecule has 1 aliphatic heterocycles. The highest BCUT2D eigenvalue weighted by atomic mass is 35.5. The molecule has 0 aliphatic carbocycles. The van der Waals surface area contributed by atoms with Gasteiger partial charge >= 0.3 is 6.09 Å². The van der Waals surface area contributed by atoms with Crippen molar-refractivity contribution in [1.82, 2.24) is 9.88 Å². The number of ether oxygens (including phenoxy) is 1. The number of nitrogens with zero attached hydrogens (tertiary/aromatic N) is 3. The van der Waals surface area contributed by atoms with Crippen LogP contribution in [-0.4, -0.2) is 34.3 Å². The topological polar surface area (TPSA) is 78.2 Å². The molecule has 1 aromatic carbocycles. The molecule has 8 heteroatoms. The number of pyridine rings is 1. The molecule has 0 unspecified atom stereocenters. The molecule has 1 aliphatic rings. The van der Waals surface area contributed by atoms with Crippen LogP contribution in [0.1, 0.15) is 39.2 Å². The molecule has 1 aromatic heterocycles. The lowest BCUT2D eigenvalue weighted by molar-refractivity contribution is 0.0244. The van der Waals surface area contributed by atoms with Gasteiger partial charge in [0.15, 0.2) is 0 Å². The summed E-state index contributed by atoms with van der Waals surface area (Å²) in [4.78, 5) is 18.4. The van der Waals surface area contributed by atoms with Crippen molar-refractivity contribution in [3.05, 3.63) is 46.9 Å². The quantitative estimate of drug-likeness (QED) is 0.745. The van der Waals surface area contributed by atoms with Gasteiger partial charge < -0.3 is 10.1 Å². The second-order valence-electron chi connectivity index (χ2n) is 7.80. The van der Waals surface area contributed by atoms with Crippen molar-refractivity contribution >= 4 is 23.5 Å². The molecule has 1 amide bonds. The van der Waals surface area contributed by atoms with E-state index in [1.165, 1.54) is 12.1 Å². The first kappa shape index (κ1) is 20.9. The summed E-state index contributed by atoms with van der Waals surface area (Å²) < 4.78 is 19.0. The van der Waals surface area contributed by atoms with Gasteiger partial charge in [-0.1, -0.05) is 17.7 Å². The van der Waals surface area contributed by atoms with E-state index in [2.05, 4.69) is 16.4 Å². The fraction of sp³-hybridized carbons (Fsp3) is 0.381. The molecule has 29 heavy (non-hydrogen) atoms. The van der Waals surface area contributed by atoms with Crippen LogP contribution in [0, 0.1) is 17.1 Å². The van der Waals surface area contributed by atoms with Crippen LogP contribution >= 0.6 is 11.6 Å². The van der Waals surface area contributed by atoms with Crippen LogP contribution < -0.4 is 5.32 Å². The van der Waals surface area contributed by atoms with Crippen molar-refractivity contribution in [3.8, 4) is 17.2 Å². The number of carbonyl (C=O) groups is 1. The second-order valence-corrected chi connectivity index (χ2v) is 8.21. The van der Waals surface area contributed by atoms with Gasteiger partial charge in [-0.05, 0) is 57.4 Å². The number of amides is 1. The summed E-state index contributed by atoms with van der Waals surface area (Å²) in [5.74, 6) is -0.175. The smallest absolute Gasteiger partial charge is 0.411 e. The number of hydrogen-bond donors (Lipinski definition) is 1. The van der Waals surface area contributed by atoms with E-state index in [1.807, 2.05) is 20.8 Å². The summed E-state index contributed by atoms with van der Waals surface area (Å²) >= 11 is 5.90. The van der Waals surface area contributed by atoms with Crippen molar-refractivity contribution in [2.24, 2.45) is 0 Å². The van der Waals surface area contributed by atoms with E-state index in [0.29, 0.717) is 35.5 Å². The summed E-state index contributed by atoms with van der Waals surface area (Å²) in [7, 11) is 0. The molecule has 152 valence electrons. The van der Waals surface area contributed by atoms with Crippen LogP contribution in [0.4, 0.5) is 15.0 Å². The van der Waals surface area contributed by atoms with Gasteiger partial charge in [-0.25, -0.2) is 14.2 Å². The Morgan fingerprint density at radius 1 is 1.41 bits per heavy atom. The Balaban J connectivity index is 1.89. The number of likely N-dealkylation sites (tertiary alicyclic amines) is 1. The van der Waals surface area contributed by atoms with Crippen LogP contribution in [0.25, 0.3) is 11.1 Å². The molecule has 1 atom stereocenters. The molecule has 2 aromatic rings. The first-order chi connectivity index (χ1) is 13.7. The minimum absolute atomic E-state index is 0.0235. The SMILES string of the molecule is CC(C)(C)OC(=O)N1CCC[C@H]1Nc1nccc(-c2ccc(F)c(Cl)c2)c1C#N. The first-order valence-electron chi connectivity index (χ1n) is 9.30. The number of aromatic nitrogens is 1. The summed E-state index contributed by atoms with van der Waals surface area (Å²) in [5.41, 5.74) is 0.885. The van der Waals surface area contributed by atoms with Crippen molar-refractivity contribution in [2.45, 2.75) is 45.4 Å². The molecule has 1 N–H and O–H groups in total. The van der Waals surface area contributed by atoms with Crippen molar-refractivity contribution in [1.29, 1.82) is 5.26 Å². The van der Waals surface area contributed by atoms with Crippen LogP contribution in [-0.2, 0) is 4.74 Å². The maximum atomic E-state index is 13.5. The van der Waals surface area contributed by atoms with E-state index in [4.69, 9.17) is 16.3 Å². The average molecular weight is 417 g/mol. The monoisotopic (exact) mass is 416 g/mol. The van der Waals surface area contributed by atoms with E-state index in [0.717, 1.165) is 6.42 Å². The fourth-order valence-electron chi connectivity index (χ4n) is 3.20. The standard InChI is InChI=1S/C21H22ClFN4O2/c1-21(2,3)29-20(28)27-10-4-5-18(27)26-19-15(12-24)14(8-9-25-19)13-6-7-17(23)16(22)11-13/h6-9,11,18H,4-5,10H2,1-3H3,(H,25,26)/t18-/m0/s1. The van der Waals surface area contributed by atoms with E-state index < -0.39 is 17.5 Å². The molecule has 1 fully saturated rings. The number of benzene rings is 1. The largest absolute Gasteiger partial charge is 0.444 e. The Bertz CT molecular complexity index is 968. The lowest BCUT2D eigenvalue weighted by Gasteiger charge is -2.29. The molecule has 1 saturated heterocycles. The number of nitrogens with one attached hydrogen (secondary N) is 1. The molecule has 0 saturated carbocycles. The molecule has 6 nitrogen and oxygen atoms in total. The van der Waals surface area contributed by atoms with Gasteiger partial charge in [0.25, 0.3) is 0 Å². The lowest BCUT2D eigenvalue weighted by Crippen LogP contribution is -2.43. The molecule has 2 heterocycles. The van der Waals surface area contributed by atoms with Crippen molar-refractivity contribution in [2.75, 3.05) is 11.9 Å². The van der Waals surface area contributed by atoms with Crippen LogP contribution in [0.15, 0.2) is 30.5 Å². The molecule has 0 radical (unpaired) electrons. The lowest BCUT2D eigenvalue weighted by atomic mass is 10.0. The maximum Gasteiger partial charge on any atom is 0.411 e. The predicted molar refractivity (Wildman–Crippen MR) is 109 cm³/mol. The predicted octanol–water partition coefficient (Wildman–Crippen LogP) is 5.18. The third-order valence-corrected chi connectivity index (χ3v) is 4.77. The molecular formula is C21H22ClFN4O2. The van der Waals surface area contributed by atoms with E-state index >= 15 is 0 Å². The highest BCUT2D eigenvalue weighted by Gasteiger charge is 2.33. The maximum absolute atomic E-state index is 13.5. The number of hydrogen-bond acceptors (Lipinski definition) is 5. The normalized spacial score (nSPS) is 16.4. The van der Waals surface area contributed by atoms with E-state index in [9.17, 15) is 14.4 Å². The Morgan fingerprint density at radius 3 is 2.83 bits per heavy atom. The van der Waals surface area contributed by atoms with E-state index in [1.54, 1.807) is 23.2 Å². The minimum atomic E-state index is -0.595. The third-order valence-electron chi connectivity index (χ3n) is 4.48. The average Bonchev–Trinajstić information content (AvgIpc) is 3.11. The second kappa shape index (κ2) is 8.26. The van der Waals surface area contributed by atoms with Crippen LogP contribution in [0.5, 0.6) is 0 Å². The summed E-state index contributed by atoms with van der Waals surface area (Å²) in [6.07, 6.45) is 2.33. The first-order valence-corrected chi connectivity index (χ1v) is 9.68. The van der Waals surface area contributed by atoms with E-state index in [-0.39, 0.29) is 11.2 Å². The number of anilines is 1.